The van der Waals surface area contributed by atoms with E-state index in [1.165, 1.54) is 23.1 Å². The zero-order valence-electron chi connectivity index (χ0n) is 19.2. The van der Waals surface area contributed by atoms with Crippen LogP contribution in [0.1, 0.15) is 17.8 Å². The Balaban J connectivity index is 1.62. The molecular formula is C23H22Cl2N2O6S4. The molecule has 3 aromatic rings. The number of allylic oxidation sites excluding steroid dienone is 2. The summed E-state index contributed by atoms with van der Waals surface area (Å²) in [5.41, 5.74) is 1.70. The highest BCUT2D eigenvalue weighted by molar-refractivity contribution is 8.03. The van der Waals surface area contributed by atoms with Gasteiger partial charge in [0.05, 0.1) is 26.6 Å². The second-order valence-electron chi connectivity index (χ2n) is 8.19. The van der Waals surface area contributed by atoms with E-state index in [4.69, 9.17) is 27.8 Å². The fourth-order valence-corrected chi connectivity index (χ4v) is 7.35. The van der Waals surface area contributed by atoms with Gasteiger partial charge in [0.1, 0.15) is 4.70 Å². The first-order chi connectivity index (χ1) is 17.4. The molecule has 4 rings (SSSR count). The Bertz CT molecular complexity index is 1600. The number of rotatable bonds is 10. The molecule has 1 N–H and O–H groups in total. The number of benzene rings is 2. The van der Waals surface area contributed by atoms with Crippen LogP contribution in [0, 0.1) is 0 Å². The molecule has 0 radical (unpaired) electrons. The molecule has 0 saturated heterocycles. The summed E-state index contributed by atoms with van der Waals surface area (Å²) in [5.74, 6) is -0.808. The summed E-state index contributed by atoms with van der Waals surface area (Å²) in [4.78, 5) is 2.93. The lowest BCUT2D eigenvalue weighted by Crippen LogP contribution is -2.36. The molecule has 37 heavy (non-hydrogen) atoms. The van der Waals surface area contributed by atoms with Gasteiger partial charge in [-0.1, -0.05) is 52.4 Å². The molecule has 0 unspecified atom stereocenters. The third kappa shape index (κ3) is 7.70. The lowest BCUT2D eigenvalue weighted by Gasteiger charge is -2.20. The summed E-state index contributed by atoms with van der Waals surface area (Å²) in [6.07, 6.45) is 6.05. The van der Waals surface area contributed by atoms with E-state index >= 15 is 0 Å². The van der Waals surface area contributed by atoms with Crippen LogP contribution in [0.3, 0.4) is 0 Å². The minimum Gasteiger partial charge on any atom is -0.748 e. The summed E-state index contributed by atoms with van der Waals surface area (Å²) in [7, 11) is -8.39. The van der Waals surface area contributed by atoms with Crippen LogP contribution in [-0.2, 0) is 26.8 Å². The van der Waals surface area contributed by atoms with E-state index in [1.54, 1.807) is 18.2 Å². The van der Waals surface area contributed by atoms with Gasteiger partial charge in [0, 0.05) is 45.8 Å². The van der Waals surface area contributed by atoms with E-state index in [-0.39, 0.29) is 18.6 Å². The van der Waals surface area contributed by atoms with Crippen LogP contribution >= 0.6 is 46.3 Å². The van der Waals surface area contributed by atoms with Crippen LogP contribution in [-0.4, -0.2) is 44.0 Å². The van der Waals surface area contributed by atoms with Crippen molar-refractivity contribution in [3.05, 3.63) is 68.6 Å². The minimum absolute atomic E-state index is 0.171. The lowest BCUT2D eigenvalue weighted by atomic mass is 10.2. The van der Waals surface area contributed by atoms with Crippen LogP contribution in [0.15, 0.2) is 58.5 Å². The second-order valence-corrected chi connectivity index (χ2v) is 14.3. The van der Waals surface area contributed by atoms with Crippen molar-refractivity contribution < 1.29 is 30.5 Å². The van der Waals surface area contributed by atoms with Gasteiger partial charge in [-0.2, -0.15) is 13.0 Å². The molecule has 8 nitrogen and oxygen atoms in total. The Morgan fingerprint density at radius 1 is 1.03 bits per heavy atom. The predicted molar refractivity (Wildman–Crippen MR) is 149 cm³/mol. The molecule has 0 bridgehead atoms. The van der Waals surface area contributed by atoms with Gasteiger partial charge in [0.2, 0.25) is 5.52 Å². The topological polar surface area (TPSA) is 119 Å². The van der Waals surface area contributed by atoms with Crippen molar-refractivity contribution >= 4 is 88.5 Å². The van der Waals surface area contributed by atoms with E-state index in [9.17, 15) is 21.4 Å². The van der Waals surface area contributed by atoms with Gasteiger partial charge in [-0.15, -0.1) is 0 Å². The van der Waals surface area contributed by atoms with E-state index in [2.05, 4.69) is 0 Å². The Morgan fingerprint density at radius 3 is 2.49 bits per heavy atom. The maximum atomic E-state index is 11.2. The van der Waals surface area contributed by atoms with E-state index in [0.29, 0.717) is 23.1 Å². The molecule has 2 heterocycles. The van der Waals surface area contributed by atoms with E-state index in [0.717, 1.165) is 30.8 Å². The number of hydrogen-bond donors (Lipinski definition) is 1. The molecule has 1 aromatic heterocycles. The Labute approximate surface area is 233 Å². The number of fused-ring (bicyclic) bond motifs is 2. The first kappa shape index (κ1) is 28.4. The number of thioether (sulfide) groups is 1. The smallest absolute Gasteiger partial charge is 0.264 e. The van der Waals surface area contributed by atoms with E-state index < -0.39 is 26.0 Å². The molecule has 0 fully saturated rings. The molecule has 14 heteroatoms. The average Bonchev–Trinajstić information content (AvgIpc) is 3.30. The third-order valence-corrected chi connectivity index (χ3v) is 9.75. The fraction of sp³-hybridized carbons (Fsp3) is 0.261. The summed E-state index contributed by atoms with van der Waals surface area (Å²) in [6, 6.07) is 11.0. The molecule has 0 aliphatic carbocycles. The molecular weight excluding hydrogens is 599 g/mol. The van der Waals surface area contributed by atoms with Crippen molar-refractivity contribution in [2.45, 2.75) is 24.3 Å². The highest BCUT2D eigenvalue weighted by Crippen LogP contribution is 2.47. The fourth-order valence-electron chi connectivity index (χ4n) is 3.88. The Hall–Kier alpha value is -1.64. The molecule has 0 atom stereocenters. The molecule has 0 amide bonds. The Morgan fingerprint density at radius 2 is 1.76 bits per heavy atom. The SMILES string of the molecule is O=S(=O)([O-])CCC[n+]1c(/C=C/C=C2/Sc3ccc(Cl)cc3N2CCCS(=O)(=O)O)sc2ccc(Cl)cc21. The summed E-state index contributed by atoms with van der Waals surface area (Å²) in [6.45, 7) is 0.698. The van der Waals surface area contributed by atoms with Crippen LogP contribution in [0.2, 0.25) is 10.0 Å². The molecule has 0 saturated carbocycles. The van der Waals surface area contributed by atoms with Crippen molar-refractivity contribution in [1.29, 1.82) is 0 Å². The van der Waals surface area contributed by atoms with Gasteiger partial charge in [-0.25, -0.2) is 8.42 Å². The number of halogens is 2. The van der Waals surface area contributed by atoms with Crippen molar-refractivity contribution in [2.75, 3.05) is 23.0 Å². The van der Waals surface area contributed by atoms with Gasteiger partial charge in [-0.3, -0.25) is 4.55 Å². The van der Waals surface area contributed by atoms with Gasteiger partial charge < -0.3 is 9.45 Å². The van der Waals surface area contributed by atoms with Gasteiger partial charge in [0.25, 0.3) is 15.1 Å². The number of hydrogen-bond acceptors (Lipinski definition) is 8. The first-order valence-corrected chi connectivity index (χ1v) is 16.6. The minimum atomic E-state index is -4.32. The molecule has 198 valence electrons. The highest BCUT2D eigenvalue weighted by atomic mass is 35.5. The number of aryl methyl sites for hydroxylation is 1. The standard InChI is InChI=1S/C23H22Cl2N2O6S4/c24-16-6-8-20-18(14-16)26(10-2-12-36(28,29)30)22(34-20)4-1-5-23-27(11-3-13-37(31,32)33)19-15-17(25)7-9-21(19)35-23/h1,4-9,14-15H,2-3,10-13H2,(H-,28,29,30,31,32,33). The normalized spacial score (nSPS) is 15.4. The molecule has 0 spiro atoms. The van der Waals surface area contributed by atoms with Crippen LogP contribution in [0.4, 0.5) is 5.69 Å². The third-order valence-electron chi connectivity index (χ3n) is 5.42. The molecule has 1 aliphatic rings. The summed E-state index contributed by atoms with van der Waals surface area (Å²) < 4.78 is 67.7. The average molecular weight is 622 g/mol. The first-order valence-electron chi connectivity index (χ1n) is 11.0. The maximum Gasteiger partial charge on any atom is 0.264 e. The number of anilines is 1. The zero-order chi connectivity index (χ0) is 26.8. The largest absolute Gasteiger partial charge is 0.748 e. The lowest BCUT2D eigenvalue weighted by molar-refractivity contribution is -0.668. The molecule has 2 aromatic carbocycles. The molecule has 1 aliphatic heterocycles. The van der Waals surface area contributed by atoms with Gasteiger partial charge in [-0.05, 0) is 42.8 Å². The van der Waals surface area contributed by atoms with Crippen molar-refractivity contribution in [3.63, 3.8) is 0 Å². The van der Waals surface area contributed by atoms with Crippen molar-refractivity contribution in [1.82, 2.24) is 0 Å². The van der Waals surface area contributed by atoms with Crippen molar-refractivity contribution in [3.8, 4) is 0 Å². The number of aromatic nitrogens is 1. The quantitative estimate of drug-likeness (QED) is 0.243. The van der Waals surface area contributed by atoms with E-state index in [1.807, 2.05) is 45.9 Å². The summed E-state index contributed by atoms with van der Waals surface area (Å²) in [5, 5.41) is 2.81. The van der Waals surface area contributed by atoms with Gasteiger partial charge in [0.15, 0.2) is 6.54 Å². The highest BCUT2D eigenvalue weighted by Gasteiger charge is 2.25. The monoisotopic (exact) mass is 620 g/mol. The number of nitrogens with zero attached hydrogens (tertiary/aromatic N) is 2. The van der Waals surface area contributed by atoms with Crippen LogP contribution in [0.25, 0.3) is 16.3 Å². The van der Waals surface area contributed by atoms with Crippen molar-refractivity contribution in [2.24, 2.45) is 0 Å². The zero-order valence-corrected chi connectivity index (χ0v) is 24.0. The summed E-state index contributed by atoms with van der Waals surface area (Å²) >= 11 is 15.4. The number of thiazole rings is 1. The maximum absolute atomic E-state index is 11.2. The Kier molecular flexibility index (Phi) is 8.91. The van der Waals surface area contributed by atoms with Gasteiger partial charge >= 0.3 is 0 Å². The predicted octanol–water partition coefficient (Wildman–Crippen LogP) is 5.18. The van der Waals surface area contributed by atoms with Crippen LogP contribution < -0.4 is 9.47 Å². The second kappa shape index (κ2) is 11.6. The van der Waals surface area contributed by atoms with Crippen LogP contribution in [0.5, 0.6) is 0 Å².